The van der Waals surface area contributed by atoms with Crippen molar-refractivity contribution in [3.8, 4) is 11.8 Å². The summed E-state index contributed by atoms with van der Waals surface area (Å²) in [5.74, 6) is 0.678. The third kappa shape index (κ3) is 2.31. The van der Waals surface area contributed by atoms with Crippen LogP contribution in [-0.2, 0) is 4.74 Å². The maximum atomic E-state index is 11.7. The number of methoxy groups -OCH3 is 1. The first kappa shape index (κ1) is 11.3. The van der Waals surface area contributed by atoms with E-state index < -0.39 is 12.2 Å². The third-order valence-electron chi connectivity index (χ3n) is 2.59. The average molecular weight is 232 g/mol. The number of cyclic esters (lactones) is 1. The zero-order valence-corrected chi connectivity index (χ0v) is 9.42. The van der Waals surface area contributed by atoms with Crippen molar-refractivity contribution in [2.75, 3.05) is 18.6 Å². The van der Waals surface area contributed by atoms with Crippen LogP contribution >= 0.6 is 0 Å². The van der Waals surface area contributed by atoms with Crippen molar-refractivity contribution in [3.05, 3.63) is 24.3 Å². The Morgan fingerprint density at radius 2 is 2.41 bits per heavy atom. The Morgan fingerprint density at radius 3 is 3.06 bits per heavy atom. The van der Waals surface area contributed by atoms with Gasteiger partial charge in [-0.25, -0.2) is 4.79 Å². The number of nitriles is 1. The summed E-state index contributed by atoms with van der Waals surface area (Å²) in [5, 5.41) is 8.68. The molecule has 1 aromatic carbocycles. The molecule has 1 heterocycles. The molecule has 1 aliphatic heterocycles. The lowest BCUT2D eigenvalue weighted by Crippen LogP contribution is -2.41. The third-order valence-corrected chi connectivity index (χ3v) is 2.59. The first-order valence-corrected chi connectivity index (χ1v) is 5.26. The molecule has 1 saturated heterocycles. The SMILES string of the molecule is COc1cccc(N2CCC(C#N)OC2=O)c1. The van der Waals surface area contributed by atoms with Gasteiger partial charge in [0.1, 0.15) is 11.8 Å². The first-order chi connectivity index (χ1) is 8.24. The molecule has 0 saturated carbocycles. The van der Waals surface area contributed by atoms with E-state index in [9.17, 15) is 4.79 Å². The summed E-state index contributed by atoms with van der Waals surface area (Å²) >= 11 is 0. The second-order valence-electron chi connectivity index (χ2n) is 3.64. The van der Waals surface area contributed by atoms with E-state index >= 15 is 0 Å². The molecule has 0 spiro atoms. The second-order valence-corrected chi connectivity index (χ2v) is 3.64. The van der Waals surface area contributed by atoms with Crippen LogP contribution in [-0.4, -0.2) is 25.9 Å². The maximum Gasteiger partial charge on any atom is 0.415 e. The van der Waals surface area contributed by atoms with E-state index in [0.717, 1.165) is 0 Å². The zero-order valence-electron chi connectivity index (χ0n) is 9.42. The lowest BCUT2D eigenvalue weighted by molar-refractivity contribution is 0.111. The topological polar surface area (TPSA) is 62.6 Å². The Hall–Kier alpha value is -2.22. The van der Waals surface area contributed by atoms with Gasteiger partial charge >= 0.3 is 6.09 Å². The number of rotatable bonds is 2. The number of anilines is 1. The highest BCUT2D eigenvalue weighted by Gasteiger charge is 2.27. The molecule has 0 N–H and O–H groups in total. The smallest absolute Gasteiger partial charge is 0.415 e. The molecule has 0 radical (unpaired) electrons. The first-order valence-electron chi connectivity index (χ1n) is 5.26. The number of benzene rings is 1. The molecule has 5 heteroatoms. The van der Waals surface area contributed by atoms with E-state index in [1.54, 1.807) is 31.4 Å². The highest BCUT2D eigenvalue weighted by atomic mass is 16.6. The van der Waals surface area contributed by atoms with Crippen LogP contribution in [0.3, 0.4) is 0 Å². The van der Waals surface area contributed by atoms with Crippen molar-refractivity contribution in [3.63, 3.8) is 0 Å². The predicted octanol–water partition coefficient (Wildman–Crippen LogP) is 1.93. The van der Waals surface area contributed by atoms with Gasteiger partial charge < -0.3 is 9.47 Å². The number of hydrogen-bond donors (Lipinski definition) is 0. The molecule has 0 bridgehead atoms. The van der Waals surface area contributed by atoms with Crippen molar-refractivity contribution in [1.82, 2.24) is 0 Å². The van der Waals surface area contributed by atoms with Crippen LogP contribution in [0.2, 0.25) is 0 Å². The summed E-state index contributed by atoms with van der Waals surface area (Å²) in [7, 11) is 1.57. The van der Waals surface area contributed by atoms with Crippen LogP contribution in [0, 0.1) is 11.3 Å². The normalized spacial score (nSPS) is 19.4. The molecular formula is C12H12N2O3. The van der Waals surface area contributed by atoms with Gasteiger partial charge in [0.25, 0.3) is 0 Å². The Bertz CT molecular complexity index is 467. The van der Waals surface area contributed by atoms with Gasteiger partial charge in [0, 0.05) is 19.0 Å². The molecule has 5 nitrogen and oxygen atoms in total. The summed E-state index contributed by atoms with van der Waals surface area (Å²) in [6.07, 6.45) is -0.611. The standard InChI is InChI=1S/C12H12N2O3/c1-16-10-4-2-3-9(7-10)14-6-5-11(8-13)17-12(14)15/h2-4,7,11H,5-6H2,1H3. The molecule has 0 aliphatic carbocycles. The van der Waals surface area contributed by atoms with Crippen LogP contribution < -0.4 is 9.64 Å². The van der Waals surface area contributed by atoms with E-state index in [1.807, 2.05) is 6.07 Å². The number of ether oxygens (including phenoxy) is 2. The highest BCUT2D eigenvalue weighted by Crippen LogP contribution is 2.24. The molecule has 17 heavy (non-hydrogen) atoms. The molecule has 1 aromatic rings. The van der Waals surface area contributed by atoms with Gasteiger partial charge in [0.05, 0.1) is 12.8 Å². The van der Waals surface area contributed by atoms with Crippen molar-refractivity contribution in [1.29, 1.82) is 5.26 Å². The van der Waals surface area contributed by atoms with Crippen molar-refractivity contribution >= 4 is 11.8 Å². The molecule has 2 rings (SSSR count). The minimum atomic E-state index is -0.635. The van der Waals surface area contributed by atoms with Gasteiger partial charge in [-0.2, -0.15) is 5.26 Å². The Morgan fingerprint density at radius 1 is 1.59 bits per heavy atom. The Balaban J connectivity index is 2.18. The van der Waals surface area contributed by atoms with Crippen molar-refractivity contribution in [2.45, 2.75) is 12.5 Å². The van der Waals surface area contributed by atoms with Gasteiger partial charge in [-0.15, -0.1) is 0 Å². The quantitative estimate of drug-likeness (QED) is 0.781. The molecule has 0 aromatic heterocycles. The minimum Gasteiger partial charge on any atom is -0.497 e. The fraction of sp³-hybridized carbons (Fsp3) is 0.333. The zero-order chi connectivity index (χ0) is 12.3. The van der Waals surface area contributed by atoms with E-state index in [1.165, 1.54) is 4.90 Å². The van der Waals surface area contributed by atoms with Crippen LogP contribution in [0.15, 0.2) is 24.3 Å². The Labute approximate surface area is 99.2 Å². The number of nitrogens with zero attached hydrogens (tertiary/aromatic N) is 2. The largest absolute Gasteiger partial charge is 0.497 e. The van der Waals surface area contributed by atoms with Crippen LogP contribution in [0.1, 0.15) is 6.42 Å². The molecule has 1 fully saturated rings. The number of amides is 1. The highest BCUT2D eigenvalue weighted by molar-refractivity contribution is 5.88. The monoisotopic (exact) mass is 232 g/mol. The van der Waals surface area contributed by atoms with E-state index in [4.69, 9.17) is 14.7 Å². The van der Waals surface area contributed by atoms with Crippen molar-refractivity contribution in [2.24, 2.45) is 0 Å². The van der Waals surface area contributed by atoms with Gasteiger partial charge in [-0.05, 0) is 12.1 Å². The lowest BCUT2D eigenvalue weighted by Gasteiger charge is -2.28. The Kier molecular flexibility index (Phi) is 3.15. The van der Waals surface area contributed by atoms with Crippen molar-refractivity contribution < 1.29 is 14.3 Å². The van der Waals surface area contributed by atoms with Gasteiger partial charge in [-0.1, -0.05) is 6.07 Å². The average Bonchev–Trinajstić information content (AvgIpc) is 2.38. The van der Waals surface area contributed by atoms with Crippen LogP contribution in [0.4, 0.5) is 10.5 Å². The summed E-state index contributed by atoms with van der Waals surface area (Å²) in [4.78, 5) is 13.2. The number of hydrogen-bond acceptors (Lipinski definition) is 4. The summed E-state index contributed by atoms with van der Waals surface area (Å²) in [5.41, 5.74) is 0.714. The number of carbonyl (C=O) groups excluding carboxylic acids is 1. The predicted molar refractivity (Wildman–Crippen MR) is 60.8 cm³/mol. The van der Waals surface area contributed by atoms with E-state index in [2.05, 4.69) is 0 Å². The van der Waals surface area contributed by atoms with Gasteiger partial charge in [0.15, 0.2) is 6.10 Å². The fourth-order valence-electron chi connectivity index (χ4n) is 1.69. The lowest BCUT2D eigenvalue weighted by atomic mass is 10.2. The maximum absolute atomic E-state index is 11.7. The molecule has 88 valence electrons. The molecule has 1 atom stereocenters. The second kappa shape index (κ2) is 4.74. The minimum absolute atomic E-state index is 0.476. The van der Waals surface area contributed by atoms with E-state index in [0.29, 0.717) is 24.4 Å². The van der Waals surface area contributed by atoms with E-state index in [-0.39, 0.29) is 0 Å². The summed E-state index contributed by atoms with van der Waals surface area (Å²) < 4.78 is 10.1. The fourth-order valence-corrected chi connectivity index (χ4v) is 1.69. The summed E-state index contributed by atoms with van der Waals surface area (Å²) in [6, 6.07) is 9.10. The molecule has 1 amide bonds. The molecular weight excluding hydrogens is 220 g/mol. The van der Waals surface area contributed by atoms with Crippen LogP contribution in [0.5, 0.6) is 5.75 Å². The van der Waals surface area contributed by atoms with Crippen LogP contribution in [0.25, 0.3) is 0 Å². The summed E-state index contributed by atoms with van der Waals surface area (Å²) in [6.45, 7) is 0.476. The molecule has 1 unspecified atom stereocenters. The van der Waals surface area contributed by atoms with Gasteiger partial charge in [-0.3, -0.25) is 4.90 Å². The molecule has 1 aliphatic rings. The number of carbonyl (C=O) groups is 1. The van der Waals surface area contributed by atoms with Gasteiger partial charge in [0.2, 0.25) is 0 Å².